The monoisotopic (exact) mass is 311 g/mol. The van der Waals surface area contributed by atoms with Crippen LogP contribution in [0.25, 0.3) is 0 Å². The summed E-state index contributed by atoms with van der Waals surface area (Å²) in [4.78, 5) is 18.0. The lowest BCUT2D eigenvalue weighted by Crippen LogP contribution is -2.43. The van der Waals surface area contributed by atoms with Gasteiger partial charge in [0.05, 0.1) is 11.3 Å². The molecule has 0 aliphatic carbocycles. The molecule has 6 heteroatoms. The number of pyridine rings is 1. The molecule has 1 aliphatic rings. The lowest BCUT2D eigenvalue weighted by molar-refractivity contribution is 0.0733. The first-order chi connectivity index (χ1) is 8.61. The number of halogens is 1. The van der Waals surface area contributed by atoms with Crippen LogP contribution in [-0.2, 0) is 0 Å². The van der Waals surface area contributed by atoms with E-state index in [9.17, 15) is 4.79 Å². The molecule has 2 rings (SSSR count). The van der Waals surface area contributed by atoms with Gasteiger partial charge in [0.1, 0.15) is 0 Å². The van der Waals surface area contributed by atoms with E-state index < -0.39 is 0 Å². The Morgan fingerprint density at radius 2 is 2.39 bits per heavy atom. The highest BCUT2D eigenvalue weighted by Crippen LogP contribution is 2.17. The second-order valence-corrected chi connectivity index (χ2v) is 5.30. The van der Waals surface area contributed by atoms with Crippen LogP contribution in [0.1, 0.15) is 23.7 Å². The van der Waals surface area contributed by atoms with Gasteiger partial charge in [0.25, 0.3) is 5.91 Å². The van der Waals surface area contributed by atoms with Gasteiger partial charge in [0.15, 0.2) is 0 Å². The number of likely N-dealkylation sites (tertiary alicyclic amines) is 1. The summed E-state index contributed by atoms with van der Waals surface area (Å²) in [6.07, 6.45) is 3.82. The molecule has 1 unspecified atom stereocenters. The third-order valence-electron chi connectivity index (χ3n) is 3.07. The Morgan fingerprint density at radius 1 is 1.61 bits per heavy atom. The molecule has 1 atom stereocenters. The quantitative estimate of drug-likeness (QED) is 0.638. The zero-order valence-corrected chi connectivity index (χ0v) is 11.6. The fourth-order valence-corrected chi connectivity index (χ4v) is 2.43. The van der Waals surface area contributed by atoms with Gasteiger partial charge in [-0.3, -0.25) is 9.78 Å². The van der Waals surface area contributed by atoms with Crippen molar-refractivity contribution in [3.63, 3.8) is 0 Å². The molecule has 1 N–H and O–H groups in total. The second kappa shape index (κ2) is 5.48. The first kappa shape index (κ1) is 13.0. The molecule has 0 bridgehead atoms. The Labute approximate surface area is 114 Å². The van der Waals surface area contributed by atoms with Crippen LogP contribution in [0, 0.1) is 5.92 Å². The zero-order chi connectivity index (χ0) is 13.1. The van der Waals surface area contributed by atoms with Gasteiger partial charge in [-0.1, -0.05) is 12.1 Å². The highest BCUT2D eigenvalue weighted by Gasteiger charge is 2.26. The number of carbonyl (C=O) groups excluding carboxylic acids is 1. The molecular weight excluding hydrogens is 298 g/mol. The maximum Gasteiger partial charge on any atom is 0.255 e. The Balaban J connectivity index is 2.12. The number of hydrogen-bond acceptors (Lipinski definition) is 4. The lowest BCUT2D eigenvalue weighted by atomic mass is 9.97. The molecule has 18 heavy (non-hydrogen) atoms. The van der Waals surface area contributed by atoms with Crippen molar-refractivity contribution >= 4 is 27.5 Å². The minimum absolute atomic E-state index is 0.0346. The van der Waals surface area contributed by atoms with Crippen molar-refractivity contribution in [1.82, 2.24) is 9.88 Å². The summed E-state index contributed by atoms with van der Waals surface area (Å²) in [7, 11) is 0. The summed E-state index contributed by atoms with van der Waals surface area (Å²) < 4.78 is 0.788. The smallest absolute Gasteiger partial charge is 0.255 e. The molecule has 1 aliphatic heterocycles. The summed E-state index contributed by atoms with van der Waals surface area (Å²) in [6, 6.07) is 1.76. The minimum Gasteiger partial charge on any atom is -0.411 e. The fraction of sp³-hybridized carbons (Fsp3) is 0.417. The molecule has 1 aromatic heterocycles. The molecule has 96 valence electrons. The van der Waals surface area contributed by atoms with Crippen LogP contribution >= 0.6 is 15.9 Å². The van der Waals surface area contributed by atoms with Gasteiger partial charge >= 0.3 is 0 Å². The van der Waals surface area contributed by atoms with Crippen LogP contribution in [0.2, 0.25) is 0 Å². The highest BCUT2D eigenvalue weighted by molar-refractivity contribution is 9.10. The molecule has 1 amide bonds. The maximum atomic E-state index is 12.3. The van der Waals surface area contributed by atoms with Crippen molar-refractivity contribution in [2.75, 3.05) is 13.1 Å². The van der Waals surface area contributed by atoms with Gasteiger partial charge in [-0.2, -0.15) is 0 Å². The van der Waals surface area contributed by atoms with Crippen molar-refractivity contribution in [1.29, 1.82) is 0 Å². The largest absolute Gasteiger partial charge is 0.411 e. The van der Waals surface area contributed by atoms with Gasteiger partial charge in [-0.15, -0.1) is 0 Å². The topological polar surface area (TPSA) is 65.8 Å². The molecule has 1 fully saturated rings. The fourth-order valence-electron chi connectivity index (χ4n) is 2.07. The molecule has 0 spiro atoms. The summed E-state index contributed by atoms with van der Waals surface area (Å²) >= 11 is 3.30. The average molecular weight is 312 g/mol. The number of carbonyl (C=O) groups is 1. The number of aromatic nitrogens is 1. The zero-order valence-electron chi connectivity index (χ0n) is 10.0. The number of amides is 1. The van der Waals surface area contributed by atoms with Crippen molar-refractivity contribution < 1.29 is 10.0 Å². The predicted octanol–water partition coefficient (Wildman–Crippen LogP) is 2.16. The van der Waals surface area contributed by atoms with E-state index in [1.807, 2.05) is 6.92 Å². The van der Waals surface area contributed by atoms with E-state index >= 15 is 0 Å². The molecule has 0 aromatic carbocycles. The van der Waals surface area contributed by atoms with E-state index in [-0.39, 0.29) is 11.8 Å². The Hall–Kier alpha value is -1.43. The van der Waals surface area contributed by atoms with E-state index in [2.05, 4.69) is 26.1 Å². The Bertz CT molecular complexity index is 490. The first-order valence-electron chi connectivity index (χ1n) is 5.72. The summed E-state index contributed by atoms with van der Waals surface area (Å²) in [5.74, 6) is 0.0560. The van der Waals surface area contributed by atoms with Crippen molar-refractivity contribution in [2.45, 2.75) is 13.3 Å². The molecular formula is C12H14BrN3O2. The average Bonchev–Trinajstić information content (AvgIpc) is 2.37. The minimum atomic E-state index is -0.0346. The number of oxime groups is 1. The number of piperidine rings is 1. The standard InChI is InChI=1S/C12H14BrN3O2/c1-8-7-16(3-2-11(8)15-18)12(17)9-4-10(13)6-14-5-9/h4-6,8,18H,2-3,7H2,1H3/b15-11+. The third kappa shape index (κ3) is 2.69. The van der Waals surface area contributed by atoms with E-state index in [1.165, 1.54) is 0 Å². The van der Waals surface area contributed by atoms with Crippen LogP contribution in [0.4, 0.5) is 0 Å². The van der Waals surface area contributed by atoms with Gasteiger partial charge in [0.2, 0.25) is 0 Å². The molecule has 1 aromatic rings. The molecule has 5 nitrogen and oxygen atoms in total. The van der Waals surface area contributed by atoms with E-state index in [0.29, 0.717) is 25.1 Å². The van der Waals surface area contributed by atoms with E-state index in [0.717, 1.165) is 10.2 Å². The summed E-state index contributed by atoms with van der Waals surface area (Å²) in [5, 5.41) is 12.1. The van der Waals surface area contributed by atoms with Gasteiger partial charge in [-0.25, -0.2) is 0 Å². The molecule has 0 radical (unpaired) electrons. The first-order valence-corrected chi connectivity index (χ1v) is 6.51. The SMILES string of the molecule is CC1CN(C(=O)c2cncc(Br)c2)CC/C1=N\O. The van der Waals surface area contributed by atoms with E-state index in [1.54, 1.807) is 23.4 Å². The normalized spacial score (nSPS) is 22.2. The van der Waals surface area contributed by atoms with Gasteiger partial charge in [-0.05, 0) is 22.0 Å². The van der Waals surface area contributed by atoms with Crippen LogP contribution in [0.3, 0.4) is 0 Å². The highest BCUT2D eigenvalue weighted by atomic mass is 79.9. The van der Waals surface area contributed by atoms with E-state index in [4.69, 9.17) is 5.21 Å². The number of hydrogen-bond donors (Lipinski definition) is 1. The Kier molecular flexibility index (Phi) is 3.96. The van der Waals surface area contributed by atoms with Crippen LogP contribution < -0.4 is 0 Å². The number of rotatable bonds is 1. The second-order valence-electron chi connectivity index (χ2n) is 4.39. The van der Waals surface area contributed by atoms with Crippen molar-refractivity contribution in [2.24, 2.45) is 11.1 Å². The maximum absolute atomic E-state index is 12.3. The van der Waals surface area contributed by atoms with Crippen LogP contribution in [0.5, 0.6) is 0 Å². The van der Waals surface area contributed by atoms with Crippen LogP contribution in [-0.4, -0.2) is 39.8 Å². The summed E-state index contributed by atoms with van der Waals surface area (Å²) in [5.41, 5.74) is 1.33. The van der Waals surface area contributed by atoms with Crippen LogP contribution in [0.15, 0.2) is 28.1 Å². The summed E-state index contributed by atoms with van der Waals surface area (Å²) in [6.45, 7) is 3.10. The van der Waals surface area contributed by atoms with Gasteiger partial charge < -0.3 is 10.1 Å². The predicted molar refractivity (Wildman–Crippen MR) is 70.8 cm³/mol. The Morgan fingerprint density at radius 3 is 3.00 bits per heavy atom. The number of nitrogens with zero attached hydrogens (tertiary/aromatic N) is 3. The molecule has 1 saturated heterocycles. The van der Waals surface area contributed by atoms with Crippen molar-refractivity contribution in [3.05, 3.63) is 28.5 Å². The van der Waals surface area contributed by atoms with Gasteiger partial charge in [0, 0.05) is 42.3 Å². The van der Waals surface area contributed by atoms with Crippen molar-refractivity contribution in [3.8, 4) is 0 Å². The molecule has 0 saturated carbocycles. The molecule has 2 heterocycles. The lowest BCUT2D eigenvalue weighted by Gasteiger charge is -2.31. The third-order valence-corrected chi connectivity index (χ3v) is 3.50.